The molecule has 0 radical (unpaired) electrons. The van der Waals surface area contributed by atoms with E-state index in [1.807, 2.05) is 24.3 Å². The number of hydrogen-bond acceptors (Lipinski definition) is 6. The van der Waals surface area contributed by atoms with Gasteiger partial charge in [0.2, 0.25) is 6.29 Å². The summed E-state index contributed by atoms with van der Waals surface area (Å²) < 4.78 is 10.9. The summed E-state index contributed by atoms with van der Waals surface area (Å²) in [5.41, 5.74) is 2.58. The van der Waals surface area contributed by atoms with Crippen molar-refractivity contribution >= 4 is 17.0 Å². The SMILES string of the molecule is C=C(C)C(=O)OC(OCC)c1ccc(O)c(-n2nc3ccccc3n2)c1. The summed E-state index contributed by atoms with van der Waals surface area (Å²) in [7, 11) is 0. The van der Waals surface area contributed by atoms with Crippen molar-refractivity contribution in [2.75, 3.05) is 6.61 Å². The third-order valence-corrected chi connectivity index (χ3v) is 3.65. The molecule has 0 saturated heterocycles. The molecule has 7 nitrogen and oxygen atoms in total. The summed E-state index contributed by atoms with van der Waals surface area (Å²) in [6, 6.07) is 12.1. The smallest absolute Gasteiger partial charge is 0.335 e. The number of phenolic OH excluding ortho intramolecular Hbond substituents is 1. The van der Waals surface area contributed by atoms with Crippen LogP contribution in [0.15, 0.2) is 54.6 Å². The summed E-state index contributed by atoms with van der Waals surface area (Å²) in [6.07, 6.45) is -0.923. The van der Waals surface area contributed by atoms with E-state index in [0.29, 0.717) is 28.9 Å². The maximum absolute atomic E-state index is 11.9. The van der Waals surface area contributed by atoms with Crippen LogP contribution in [0.25, 0.3) is 16.7 Å². The van der Waals surface area contributed by atoms with E-state index in [1.54, 1.807) is 26.0 Å². The van der Waals surface area contributed by atoms with Gasteiger partial charge in [-0.05, 0) is 44.2 Å². The first-order valence-corrected chi connectivity index (χ1v) is 8.13. The lowest BCUT2D eigenvalue weighted by Crippen LogP contribution is -2.15. The fourth-order valence-electron chi connectivity index (χ4n) is 2.36. The summed E-state index contributed by atoms with van der Waals surface area (Å²) in [5.74, 6) is -0.559. The molecule has 0 spiro atoms. The summed E-state index contributed by atoms with van der Waals surface area (Å²) in [4.78, 5) is 13.2. The topological polar surface area (TPSA) is 86.5 Å². The van der Waals surface area contributed by atoms with Gasteiger partial charge in [-0.25, -0.2) is 4.79 Å². The zero-order valence-corrected chi connectivity index (χ0v) is 14.5. The minimum Gasteiger partial charge on any atom is -0.506 e. The first kappa shape index (κ1) is 17.6. The van der Waals surface area contributed by atoms with Crippen molar-refractivity contribution < 1.29 is 19.4 Å². The van der Waals surface area contributed by atoms with E-state index >= 15 is 0 Å². The molecule has 26 heavy (non-hydrogen) atoms. The number of fused-ring (bicyclic) bond motifs is 1. The van der Waals surface area contributed by atoms with E-state index < -0.39 is 12.3 Å². The number of aromatic hydroxyl groups is 1. The average molecular weight is 353 g/mol. The van der Waals surface area contributed by atoms with Gasteiger partial charge < -0.3 is 14.6 Å². The summed E-state index contributed by atoms with van der Waals surface area (Å²) in [6.45, 7) is 7.27. The predicted octanol–water partition coefficient (Wildman–Crippen LogP) is 3.28. The summed E-state index contributed by atoms with van der Waals surface area (Å²) >= 11 is 0. The molecule has 0 aliphatic rings. The molecule has 3 rings (SSSR count). The van der Waals surface area contributed by atoms with Crippen molar-refractivity contribution in [3.63, 3.8) is 0 Å². The van der Waals surface area contributed by atoms with Crippen molar-refractivity contribution in [3.05, 3.63) is 60.2 Å². The van der Waals surface area contributed by atoms with Gasteiger partial charge in [-0.1, -0.05) is 18.7 Å². The van der Waals surface area contributed by atoms with Gasteiger partial charge in [-0.2, -0.15) is 0 Å². The number of nitrogens with zero attached hydrogens (tertiary/aromatic N) is 3. The second-order valence-electron chi connectivity index (χ2n) is 5.70. The molecule has 0 aliphatic heterocycles. The third-order valence-electron chi connectivity index (χ3n) is 3.65. The van der Waals surface area contributed by atoms with Crippen LogP contribution in [-0.4, -0.2) is 32.7 Å². The van der Waals surface area contributed by atoms with E-state index in [2.05, 4.69) is 16.8 Å². The van der Waals surface area contributed by atoms with E-state index in [-0.39, 0.29) is 11.3 Å². The Morgan fingerprint density at radius 1 is 1.23 bits per heavy atom. The highest BCUT2D eigenvalue weighted by Crippen LogP contribution is 2.28. The third kappa shape index (κ3) is 3.57. The van der Waals surface area contributed by atoms with Gasteiger partial charge in [0.15, 0.2) is 0 Å². The van der Waals surface area contributed by atoms with Crippen LogP contribution in [-0.2, 0) is 14.3 Å². The molecule has 0 amide bonds. The van der Waals surface area contributed by atoms with Crippen LogP contribution in [0, 0.1) is 0 Å². The van der Waals surface area contributed by atoms with Gasteiger partial charge in [0.25, 0.3) is 0 Å². The Hall–Kier alpha value is -3.19. The molecule has 7 heteroatoms. The number of hydrogen-bond donors (Lipinski definition) is 1. The Kier molecular flexibility index (Phi) is 4.99. The Morgan fingerprint density at radius 2 is 1.88 bits per heavy atom. The van der Waals surface area contributed by atoms with Crippen LogP contribution in [0.5, 0.6) is 5.75 Å². The molecule has 1 N–H and O–H groups in total. The van der Waals surface area contributed by atoms with E-state index in [0.717, 1.165) is 0 Å². The molecule has 134 valence electrons. The zero-order valence-electron chi connectivity index (χ0n) is 14.5. The molecular weight excluding hydrogens is 334 g/mol. The number of esters is 1. The van der Waals surface area contributed by atoms with E-state index in [4.69, 9.17) is 9.47 Å². The highest BCUT2D eigenvalue weighted by Gasteiger charge is 2.20. The van der Waals surface area contributed by atoms with Crippen molar-refractivity contribution in [2.45, 2.75) is 20.1 Å². The Morgan fingerprint density at radius 3 is 2.46 bits per heavy atom. The first-order chi connectivity index (χ1) is 12.5. The number of benzene rings is 2. The van der Waals surface area contributed by atoms with Crippen molar-refractivity contribution in [2.24, 2.45) is 0 Å². The van der Waals surface area contributed by atoms with Gasteiger partial charge in [-0.3, -0.25) is 0 Å². The minimum absolute atomic E-state index is 0.00414. The zero-order chi connectivity index (χ0) is 18.7. The van der Waals surface area contributed by atoms with Crippen LogP contribution in [0.4, 0.5) is 0 Å². The molecule has 3 aromatic rings. The van der Waals surface area contributed by atoms with Crippen LogP contribution >= 0.6 is 0 Å². The second kappa shape index (κ2) is 7.37. The fourth-order valence-corrected chi connectivity index (χ4v) is 2.36. The number of carbonyl (C=O) groups is 1. The second-order valence-corrected chi connectivity index (χ2v) is 5.70. The Bertz CT molecular complexity index is 931. The van der Waals surface area contributed by atoms with Gasteiger partial charge in [0.05, 0.1) is 0 Å². The van der Waals surface area contributed by atoms with Crippen LogP contribution in [0.3, 0.4) is 0 Å². The average Bonchev–Trinajstić information content (AvgIpc) is 3.05. The number of carbonyl (C=O) groups excluding carboxylic acids is 1. The predicted molar refractivity (Wildman–Crippen MR) is 95.8 cm³/mol. The quantitative estimate of drug-likeness (QED) is 0.416. The number of ether oxygens (including phenoxy) is 2. The van der Waals surface area contributed by atoms with Crippen molar-refractivity contribution in [1.29, 1.82) is 0 Å². The number of aromatic nitrogens is 3. The lowest BCUT2D eigenvalue weighted by atomic mass is 10.1. The highest BCUT2D eigenvalue weighted by molar-refractivity contribution is 5.87. The molecule has 0 fully saturated rings. The Balaban J connectivity index is 1.99. The molecular formula is C19H19N3O4. The molecule has 0 aliphatic carbocycles. The van der Waals surface area contributed by atoms with Gasteiger partial charge in [-0.15, -0.1) is 15.0 Å². The van der Waals surface area contributed by atoms with Crippen LogP contribution in [0.2, 0.25) is 0 Å². The van der Waals surface area contributed by atoms with Crippen LogP contribution in [0.1, 0.15) is 25.7 Å². The fraction of sp³-hybridized carbons (Fsp3) is 0.211. The van der Waals surface area contributed by atoms with Gasteiger partial charge in [0.1, 0.15) is 22.5 Å². The Labute approximate surface area is 150 Å². The summed E-state index contributed by atoms with van der Waals surface area (Å²) in [5, 5.41) is 19.0. The highest BCUT2D eigenvalue weighted by atomic mass is 16.7. The molecule has 1 unspecified atom stereocenters. The number of rotatable bonds is 6. The molecule has 1 aromatic heterocycles. The molecule has 0 bridgehead atoms. The van der Waals surface area contributed by atoms with Crippen molar-refractivity contribution in [3.8, 4) is 11.4 Å². The van der Waals surface area contributed by atoms with E-state index in [1.165, 1.54) is 10.9 Å². The van der Waals surface area contributed by atoms with Crippen molar-refractivity contribution in [1.82, 2.24) is 15.0 Å². The maximum Gasteiger partial charge on any atom is 0.335 e. The molecule has 1 atom stereocenters. The minimum atomic E-state index is -0.923. The standard InChI is InChI=1S/C19H19N3O4/c1-4-25-19(26-18(24)12(2)3)13-9-10-17(23)16(11-13)22-20-14-7-5-6-8-15(14)21-22/h5-11,19,23H,2,4H2,1,3H3. The lowest BCUT2D eigenvalue weighted by Gasteiger charge is -2.19. The van der Waals surface area contributed by atoms with Crippen LogP contribution < -0.4 is 0 Å². The largest absolute Gasteiger partial charge is 0.506 e. The monoisotopic (exact) mass is 353 g/mol. The lowest BCUT2D eigenvalue weighted by molar-refractivity contribution is -0.175. The normalized spacial score (nSPS) is 12.1. The maximum atomic E-state index is 11.9. The van der Waals surface area contributed by atoms with E-state index in [9.17, 15) is 9.90 Å². The molecule has 0 saturated carbocycles. The molecule has 2 aromatic carbocycles. The first-order valence-electron chi connectivity index (χ1n) is 8.13. The number of phenols is 1. The van der Waals surface area contributed by atoms with Gasteiger partial charge in [0, 0.05) is 17.7 Å². The molecule has 1 heterocycles. The van der Waals surface area contributed by atoms with Gasteiger partial charge >= 0.3 is 5.97 Å².